The minimum absolute atomic E-state index is 0.216. The maximum absolute atomic E-state index is 12.2. The third-order valence-corrected chi connectivity index (χ3v) is 4.88. The summed E-state index contributed by atoms with van der Waals surface area (Å²) >= 11 is 0. The van der Waals surface area contributed by atoms with Crippen LogP contribution >= 0.6 is 0 Å². The highest BCUT2D eigenvalue weighted by molar-refractivity contribution is 6.00. The van der Waals surface area contributed by atoms with Crippen molar-refractivity contribution >= 4 is 5.71 Å². The van der Waals surface area contributed by atoms with Gasteiger partial charge in [0, 0.05) is 30.2 Å². The molecule has 8 heteroatoms. The van der Waals surface area contributed by atoms with Gasteiger partial charge >= 0.3 is 5.69 Å². The van der Waals surface area contributed by atoms with Crippen LogP contribution in [0.25, 0.3) is 5.69 Å². The summed E-state index contributed by atoms with van der Waals surface area (Å²) in [6, 6.07) is 11.6. The summed E-state index contributed by atoms with van der Waals surface area (Å²) in [6.07, 6.45) is 0.871. The standard InChI is InChI=1S/C20H21N5O3/c1-13-6-4-8-18(25-20(26)24(3)22-23-25)17(13)12-28-21-14(2)15-7-5-9-19-16(15)10-11-27-19/h4-9H,10-12H2,1-3H3/b21-14+. The van der Waals surface area contributed by atoms with Crippen molar-refractivity contribution in [3.05, 3.63) is 69.1 Å². The molecule has 0 bridgehead atoms. The summed E-state index contributed by atoms with van der Waals surface area (Å²) < 4.78 is 8.07. The molecule has 28 heavy (non-hydrogen) atoms. The number of aryl methyl sites for hydroxylation is 2. The molecular weight excluding hydrogens is 358 g/mol. The molecule has 0 N–H and O–H groups in total. The van der Waals surface area contributed by atoms with Crippen LogP contribution in [0.5, 0.6) is 5.75 Å². The first-order valence-corrected chi connectivity index (χ1v) is 9.05. The van der Waals surface area contributed by atoms with Gasteiger partial charge in [0.15, 0.2) is 0 Å². The Labute approximate surface area is 162 Å². The Morgan fingerprint density at radius 3 is 2.86 bits per heavy atom. The minimum Gasteiger partial charge on any atom is -0.493 e. The van der Waals surface area contributed by atoms with Gasteiger partial charge in [0.25, 0.3) is 0 Å². The van der Waals surface area contributed by atoms with Crippen LogP contribution in [0.15, 0.2) is 46.3 Å². The second kappa shape index (κ2) is 7.30. The molecule has 0 unspecified atom stereocenters. The summed E-state index contributed by atoms with van der Waals surface area (Å²) in [5.74, 6) is 0.912. The van der Waals surface area contributed by atoms with Gasteiger partial charge in [-0.2, -0.15) is 9.36 Å². The predicted molar refractivity (Wildman–Crippen MR) is 104 cm³/mol. The van der Waals surface area contributed by atoms with E-state index in [9.17, 15) is 4.79 Å². The maximum Gasteiger partial charge on any atom is 0.368 e. The molecule has 1 aliphatic heterocycles. The van der Waals surface area contributed by atoms with Crippen LogP contribution in [0.3, 0.4) is 0 Å². The molecule has 2 aromatic carbocycles. The number of oxime groups is 1. The fourth-order valence-corrected chi connectivity index (χ4v) is 3.34. The summed E-state index contributed by atoms with van der Waals surface area (Å²) in [5, 5.41) is 12.0. The number of aromatic nitrogens is 4. The van der Waals surface area contributed by atoms with E-state index in [1.165, 1.54) is 9.36 Å². The van der Waals surface area contributed by atoms with Crippen LogP contribution in [-0.4, -0.2) is 32.1 Å². The van der Waals surface area contributed by atoms with E-state index in [0.29, 0.717) is 12.3 Å². The van der Waals surface area contributed by atoms with Gasteiger partial charge in [-0.25, -0.2) is 4.79 Å². The largest absolute Gasteiger partial charge is 0.493 e. The smallest absolute Gasteiger partial charge is 0.368 e. The van der Waals surface area contributed by atoms with Crippen molar-refractivity contribution in [2.75, 3.05) is 6.61 Å². The zero-order valence-electron chi connectivity index (χ0n) is 16.0. The zero-order chi connectivity index (χ0) is 19.7. The highest BCUT2D eigenvalue weighted by Gasteiger charge is 2.17. The Kier molecular flexibility index (Phi) is 4.68. The number of hydrogen-bond donors (Lipinski definition) is 0. The lowest BCUT2D eigenvalue weighted by molar-refractivity contribution is 0.130. The first-order chi connectivity index (χ1) is 13.6. The van der Waals surface area contributed by atoms with Crippen LogP contribution in [0.1, 0.15) is 29.2 Å². The van der Waals surface area contributed by atoms with Crippen molar-refractivity contribution in [2.45, 2.75) is 26.9 Å². The Hall–Kier alpha value is -3.42. The highest BCUT2D eigenvalue weighted by atomic mass is 16.6. The fraction of sp³-hybridized carbons (Fsp3) is 0.300. The zero-order valence-corrected chi connectivity index (χ0v) is 16.0. The second-order valence-electron chi connectivity index (χ2n) is 6.70. The van der Waals surface area contributed by atoms with Gasteiger partial charge in [-0.05, 0) is 42.0 Å². The molecule has 0 spiro atoms. The summed E-state index contributed by atoms with van der Waals surface area (Å²) in [4.78, 5) is 17.9. The van der Waals surface area contributed by atoms with Gasteiger partial charge in [-0.1, -0.05) is 29.4 Å². The number of rotatable bonds is 5. The van der Waals surface area contributed by atoms with Crippen LogP contribution in [-0.2, 0) is 24.9 Å². The first kappa shape index (κ1) is 18.0. The quantitative estimate of drug-likeness (QED) is 0.501. The molecule has 0 fully saturated rings. The lowest BCUT2D eigenvalue weighted by atomic mass is 10.0. The Balaban J connectivity index is 1.59. The molecule has 0 saturated heterocycles. The van der Waals surface area contributed by atoms with Crippen molar-refractivity contribution in [3.8, 4) is 11.4 Å². The van der Waals surface area contributed by atoms with E-state index in [1.54, 1.807) is 7.05 Å². The Morgan fingerprint density at radius 1 is 1.25 bits per heavy atom. The lowest BCUT2D eigenvalue weighted by Crippen LogP contribution is -2.23. The van der Waals surface area contributed by atoms with Crippen molar-refractivity contribution in [1.82, 2.24) is 19.8 Å². The highest BCUT2D eigenvalue weighted by Crippen LogP contribution is 2.28. The van der Waals surface area contributed by atoms with Gasteiger partial charge in [0.1, 0.15) is 12.4 Å². The van der Waals surface area contributed by atoms with Gasteiger partial charge in [0.05, 0.1) is 18.0 Å². The number of benzene rings is 2. The number of tetrazole rings is 1. The summed E-state index contributed by atoms with van der Waals surface area (Å²) in [6.45, 7) is 4.79. The molecule has 0 saturated carbocycles. The third kappa shape index (κ3) is 3.17. The number of nitrogens with zero attached hydrogens (tertiary/aromatic N) is 5. The molecule has 8 nitrogen and oxygen atoms in total. The average molecular weight is 379 g/mol. The average Bonchev–Trinajstić information content (AvgIpc) is 3.30. The van der Waals surface area contributed by atoms with Crippen molar-refractivity contribution in [2.24, 2.45) is 12.2 Å². The topological polar surface area (TPSA) is 83.5 Å². The fourth-order valence-electron chi connectivity index (χ4n) is 3.34. The van der Waals surface area contributed by atoms with E-state index in [-0.39, 0.29) is 12.3 Å². The van der Waals surface area contributed by atoms with Crippen molar-refractivity contribution in [1.29, 1.82) is 0 Å². The van der Waals surface area contributed by atoms with Crippen molar-refractivity contribution < 1.29 is 9.57 Å². The predicted octanol–water partition coefficient (Wildman–Crippen LogP) is 2.15. The molecule has 0 radical (unpaired) electrons. The number of ether oxygens (including phenoxy) is 1. The molecule has 0 aliphatic carbocycles. The van der Waals surface area contributed by atoms with E-state index in [2.05, 4.69) is 15.6 Å². The van der Waals surface area contributed by atoms with E-state index in [0.717, 1.165) is 40.1 Å². The van der Waals surface area contributed by atoms with E-state index < -0.39 is 0 Å². The molecule has 1 aliphatic rings. The molecular formula is C20H21N5O3. The van der Waals surface area contributed by atoms with Crippen molar-refractivity contribution in [3.63, 3.8) is 0 Å². The van der Waals surface area contributed by atoms with Gasteiger partial charge in [0.2, 0.25) is 0 Å². The lowest BCUT2D eigenvalue weighted by Gasteiger charge is -2.11. The van der Waals surface area contributed by atoms with Gasteiger partial charge < -0.3 is 9.57 Å². The van der Waals surface area contributed by atoms with Crippen LogP contribution in [0.2, 0.25) is 0 Å². The van der Waals surface area contributed by atoms with E-state index in [1.807, 2.05) is 50.2 Å². The second-order valence-corrected chi connectivity index (χ2v) is 6.70. The van der Waals surface area contributed by atoms with Crippen LogP contribution < -0.4 is 10.4 Å². The molecule has 4 rings (SSSR count). The molecule has 2 heterocycles. The molecule has 1 aromatic heterocycles. The molecule has 0 amide bonds. The number of hydrogen-bond acceptors (Lipinski definition) is 6. The Bertz CT molecular complexity index is 1110. The summed E-state index contributed by atoms with van der Waals surface area (Å²) in [5.41, 5.74) is 5.13. The normalized spacial score (nSPS) is 13.3. The minimum atomic E-state index is -0.314. The summed E-state index contributed by atoms with van der Waals surface area (Å²) in [7, 11) is 1.56. The molecule has 3 aromatic rings. The third-order valence-electron chi connectivity index (χ3n) is 4.88. The van der Waals surface area contributed by atoms with Gasteiger partial charge in [-0.3, -0.25) is 0 Å². The van der Waals surface area contributed by atoms with E-state index >= 15 is 0 Å². The maximum atomic E-state index is 12.2. The molecule has 144 valence electrons. The SMILES string of the molecule is C/C(=N\OCc1c(C)cccc1-n1nnn(C)c1=O)c1cccc2c1CCO2. The van der Waals surface area contributed by atoms with E-state index in [4.69, 9.17) is 9.57 Å². The first-order valence-electron chi connectivity index (χ1n) is 9.05. The van der Waals surface area contributed by atoms with Gasteiger partial charge in [-0.15, -0.1) is 0 Å². The monoisotopic (exact) mass is 379 g/mol. The number of fused-ring (bicyclic) bond motifs is 1. The Morgan fingerprint density at radius 2 is 2.07 bits per heavy atom. The van der Waals surface area contributed by atoms with Crippen LogP contribution in [0.4, 0.5) is 0 Å². The van der Waals surface area contributed by atoms with Crippen LogP contribution in [0, 0.1) is 6.92 Å². The molecule has 0 atom stereocenters.